The molecule has 0 heterocycles. The van der Waals surface area contributed by atoms with Crippen molar-refractivity contribution in [1.82, 2.24) is 0 Å². The lowest BCUT2D eigenvalue weighted by molar-refractivity contribution is -0.384. The topological polar surface area (TPSA) is 105 Å². The summed E-state index contributed by atoms with van der Waals surface area (Å²) in [5.41, 5.74) is 2.92. The molecule has 2 aromatic rings. The van der Waals surface area contributed by atoms with Crippen molar-refractivity contribution in [2.24, 2.45) is 0 Å². The Hall–Kier alpha value is -2.94. The number of rotatable bonds is 21. The molecule has 0 fully saturated rings. The van der Waals surface area contributed by atoms with Gasteiger partial charge in [-0.3, -0.25) is 19.7 Å². The fourth-order valence-corrected chi connectivity index (χ4v) is 3.83. The second-order valence-electron chi connectivity index (χ2n) is 9.10. The van der Waals surface area contributed by atoms with E-state index in [0.29, 0.717) is 64.5 Å². The molecule has 0 atom stereocenters. The van der Waals surface area contributed by atoms with Gasteiger partial charge in [-0.2, -0.15) is 0 Å². The molecule has 0 radical (unpaired) electrons. The molecule has 0 aliphatic rings. The standard InChI is InChI=1S/C29H39NO7/c1-24-8-6-9-25(20-24)22-28(31)12-2-4-14-35-16-18-37-19-17-36-15-5-3-13-29(32)23-26-10-7-11-27(21-26)30(33)34/h6-11,20-21H,2-5,12-19,22-23H2,1H3. The molecule has 202 valence electrons. The van der Waals surface area contributed by atoms with E-state index in [1.165, 1.54) is 17.7 Å². The third-order valence-electron chi connectivity index (χ3n) is 5.74. The first-order chi connectivity index (χ1) is 17.9. The molecule has 0 N–H and O–H groups in total. The van der Waals surface area contributed by atoms with Crippen molar-refractivity contribution in [3.63, 3.8) is 0 Å². The maximum Gasteiger partial charge on any atom is 0.269 e. The lowest BCUT2D eigenvalue weighted by Crippen LogP contribution is -2.10. The number of Topliss-reactive ketones (excluding diaryl/α,β-unsaturated/α-hetero) is 2. The molecule has 8 nitrogen and oxygen atoms in total. The predicted molar refractivity (Wildman–Crippen MR) is 142 cm³/mol. The van der Waals surface area contributed by atoms with Gasteiger partial charge < -0.3 is 14.2 Å². The van der Waals surface area contributed by atoms with E-state index in [2.05, 4.69) is 6.07 Å². The summed E-state index contributed by atoms with van der Waals surface area (Å²) in [6.07, 6.45) is 4.91. The summed E-state index contributed by atoms with van der Waals surface area (Å²) < 4.78 is 16.6. The molecule has 0 saturated heterocycles. The highest BCUT2D eigenvalue weighted by Crippen LogP contribution is 2.14. The van der Waals surface area contributed by atoms with E-state index in [1.807, 2.05) is 25.1 Å². The van der Waals surface area contributed by atoms with Crippen LogP contribution < -0.4 is 0 Å². The number of carbonyl (C=O) groups is 2. The average Bonchev–Trinajstić information content (AvgIpc) is 2.86. The predicted octanol–water partition coefficient (Wildman–Crippen LogP) is 5.22. The van der Waals surface area contributed by atoms with Gasteiger partial charge in [0.05, 0.1) is 31.4 Å². The molecule has 37 heavy (non-hydrogen) atoms. The molecule has 0 aliphatic heterocycles. The number of hydrogen-bond acceptors (Lipinski definition) is 7. The summed E-state index contributed by atoms with van der Waals surface area (Å²) in [5, 5.41) is 10.8. The molecular weight excluding hydrogens is 474 g/mol. The molecule has 0 aromatic heterocycles. The van der Waals surface area contributed by atoms with Gasteiger partial charge in [0, 0.05) is 51.0 Å². The van der Waals surface area contributed by atoms with Crippen LogP contribution in [0.3, 0.4) is 0 Å². The number of hydrogen-bond donors (Lipinski definition) is 0. The number of ketones is 2. The van der Waals surface area contributed by atoms with Gasteiger partial charge in [-0.1, -0.05) is 42.0 Å². The average molecular weight is 514 g/mol. The molecular formula is C29H39NO7. The summed E-state index contributed by atoms with van der Waals surface area (Å²) >= 11 is 0. The van der Waals surface area contributed by atoms with Crippen molar-refractivity contribution in [1.29, 1.82) is 0 Å². The van der Waals surface area contributed by atoms with Gasteiger partial charge in [-0.25, -0.2) is 0 Å². The maximum absolute atomic E-state index is 12.1. The van der Waals surface area contributed by atoms with Crippen molar-refractivity contribution in [2.75, 3.05) is 39.6 Å². The van der Waals surface area contributed by atoms with Crippen LogP contribution in [0.5, 0.6) is 0 Å². The van der Waals surface area contributed by atoms with Gasteiger partial charge >= 0.3 is 0 Å². The van der Waals surface area contributed by atoms with Crippen molar-refractivity contribution in [3.8, 4) is 0 Å². The smallest absolute Gasteiger partial charge is 0.269 e. The van der Waals surface area contributed by atoms with E-state index in [0.717, 1.165) is 31.2 Å². The molecule has 0 unspecified atom stereocenters. The Balaban J connectivity index is 1.33. The Bertz CT molecular complexity index is 976. The molecule has 2 rings (SSSR count). The Morgan fingerprint density at radius 1 is 0.703 bits per heavy atom. The van der Waals surface area contributed by atoms with Crippen LogP contribution in [0, 0.1) is 17.0 Å². The van der Waals surface area contributed by atoms with Crippen molar-refractivity contribution in [2.45, 2.75) is 58.3 Å². The Morgan fingerprint density at radius 3 is 1.70 bits per heavy atom. The summed E-state index contributed by atoms with van der Waals surface area (Å²) in [4.78, 5) is 34.5. The van der Waals surface area contributed by atoms with Crippen LogP contribution in [0.25, 0.3) is 0 Å². The number of nitro benzene ring substituents is 1. The van der Waals surface area contributed by atoms with E-state index in [1.54, 1.807) is 12.1 Å². The van der Waals surface area contributed by atoms with Gasteiger partial charge in [0.2, 0.25) is 0 Å². The third-order valence-corrected chi connectivity index (χ3v) is 5.74. The van der Waals surface area contributed by atoms with Crippen LogP contribution in [0.2, 0.25) is 0 Å². The maximum atomic E-state index is 12.1. The van der Waals surface area contributed by atoms with Gasteiger partial charge in [0.1, 0.15) is 11.6 Å². The third kappa shape index (κ3) is 14.4. The monoisotopic (exact) mass is 513 g/mol. The number of carbonyl (C=O) groups excluding carboxylic acids is 2. The minimum absolute atomic E-state index is 0.00497. The van der Waals surface area contributed by atoms with Gasteiger partial charge in [-0.15, -0.1) is 0 Å². The summed E-state index contributed by atoms with van der Waals surface area (Å²) in [6, 6.07) is 14.3. The van der Waals surface area contributed by atoms with Crippen LogP contribution in [-0.4, -0.2) is 56.1 Å². The number of unbranched alkanes of at least 4 members (excludes halogenated alkanes) is 2. The van der Waals surface area contributed by atoms with Crippen LogP contribution in [0.15, 0.2) is 48.5 Å². The number of benzene rings is 2. The van der Waals surface area contributed by atoms with Crippen LogP contribution in [0.1, 0.15) is 55.2 Å². The normalized spacial score (nSPS) is 10.9. The van der Waals surface area contributed by atoms with Crippen molar-refractivity contribution in [3.05, 3.63) is 75.3 Å². The van der Waals surface area contributed by atoms with Crippen LogP contribution in [0.4, 0.5) is 5.69 Å². The van der Waals surface area contributed by atoms with E-state index >= 15 is 0 Å². The molecule has 2 aromatic carbocycles. The molecule has 0 spiro atoms. The number of nitrogens with zero attached hydrogens (tertiary/aromatic N) is 1. The second-order valence-corrected chi connectivity index (χ2v) is 9.10. The lowest BCUT2D eigenvalue weighted by Gasteiger charge is -2.07. The molecule has 0 bridgehead atoms. The second kappa shape index (κ2) is 18.3. The number of non-ortho nitro benzene ring substituents is 1. The summed E-state index contributed by atoms with van der Waals surface area (Å²) in [6.45, 7) is 5.22. The zero-order valence-corrected chi connectivity index (χ0v) is 21.8. The summed E-state index contributed by atoms with van der Waals surface area (Å²) in [5.74, 6) is 0.332. The minimum Gasteiger partial charge on any atom is -0.379 e. The first-order valence-corrected chi connectivity index (χ1v) is 13.0. The first kappa shape index (κ1) is 30.3. The van der Waals surface area contributed by atoms with E-state index < -0.39 is 4.92 Å². The highest BCUT2D eigenvalue weighted by molar-refractivity contribution is 5.81. The molecule has 0 saturated carbocycles. The van der Waals surface area contributed by atoms with E-state index in [9.17, 15) is 19.7 Å². The Labute approximate surface area is 219 Å². The van der Waals surface area contributed by atoms with Gasteiger partial charge in [0.15, 0.2) is 0 Å². The van der Waals surface area contributed by atoms with Crippen molar-refractivity contribution >= 4 is 17.3 Å². The fraction of sp³-hybridized carbons (Fsp3) is 0.517. The summed E-state index contributed by atoms with van der Waals surface area (Å²) in [7, 11) is 0. The molecule has 8 heteroatoms. The van der Waals surface area contributed by atoms with Crippen LogP contribution in [-0.2, 0) is 36.6 Å². The quantitative estimate of drug-likeness (QED) is 0.128. The van der Waals surface area contributed by atoms with E-state index in [4.69, 9.17) is 14.2 Å². The van der Waals surface area contributed by atoms with E-state index in [-0.39, 0.29) is 23.7 Å². The number of nitro groups is 1. The zero-order valence-electron chi connectivity index (χ0n) is 21.8. The van der Waals surface area contributed by atoms with Gasteiger partial charge in [0.25, 0.3) is 5.69 Å². The lowest BCUT2D eigenvalue weighted by atomic mass is 10.0. The first-order valence-electron chi connectivity index (χ1n) is 13.0. The van der Waals surface area contributed by atoms with Crippen molar-refractivity contribution < 1.29 is 28.7 Å². The molecule has 0 amide bonds. The highest BCUT2D eigenvalue weighted by atomic mass is 16.6. The minimum atomic E-state index is -0.455. The largest absolute Gasteiger partial charge is 0.379 e. The zero-order chi connectivity index (χ0) is 26.7. The Morgan fingerprint density at radius 2 is 1.19 bits per heavy atom. The Kier molecular flexibility index (Phi) is 15.0. The fourth-order valence-electron chi connectivity index (χ4n) is 3.83. The SMILES string of the molecule is Cc1cccc(CC(=O)CCCCOCCOCCOCCCCC(=O)Cc2cccc([N+](=O)[O-])c2)c1. The number of aryl methyl sites for hydroxylation is 1. The van der Waals surface area contributed by atoms with Crippen LogP contribution >= 0.6 is 0 Å². The number of ether oxygens (including phenoxy) is 3. The highest BCUT2D eigenvalue weighted by Gasteiger charge is 2.09. The molecule has 0 aliphatic carbocycles. The van der Waals surface area contributed by atoms with Gasteiger partial charge in [-0.05, 0) is 43.7 Å².